The molecule has 0 bridgehead atoms. The Morgan fingerprint density at radius 3 is 2.45 bits per heavy atom. The Balaban J connectivity index is 1.10. The number of thiophene rings is 1. The predicted octanol–water partition coefficient (Wildman–Crippen LogP) is 5.51. The molecule has 2 aliphatic heterocycles. The van der Waals surface area contributed by atoms with Crippen LogP contribution in [-0.4, -0.2) is 109 Å². The van der Waals surface area contributed by atoms with Gasteiger partial charge in [0.1, 0.15) is 6.04 Å². The molecule has 1 aromatic heterocycles. The van der Waals surface area contributed by atoms with Crippen LogP contribution in [0.25, 0.3) is 0 Å². The molecule has 2 atom stereocenters. The van der Waals surface area contributed by atoms with Crippen LogP contribution in [0.15, 0.2) is 47.8 Å². The van der Waals surface area contributed by atoms with E-state index in [2.05, 4.69) is 64.9 Å². The number of amides is 3. The van der Waals surface area contributed by atoms with Crippen LogP contribution in [0.4, 0.5) is 0 Å². The van der Waals surface area contributed by atoms with Crippen LogP contribution in [0.3, 0.4) is 0 Å². The van der Waals surface area contributed by atoms with Crippen LogP contribution in [0.1, 0.15) is 93.9 Å². The number of hydrogen-bond donors (Lipinski definition) is 2. The van der Waals surface area contributed by atoms with Crippen molar-refractivity contribution in [3.05, 3.63) is 58.3 Å². The molecule has 280 valence electrons. The normalized spacial score (nSPS) is 25.2. The quantitative estimate of drug-likeness (QED) is 0.237. The Kier molecular flexibility index (Phi) is 13.6. The fourth-order valence-electron chi connectivity index (χ4n) is 9.14. The Morgan fingerprint density at radius 1 is 0.941 bits per heavy atom. The molecule has 6 rings (SSSR count). The summed E-state index contributed by atoms with van der Waals surface area (Å²) in [6.45, 7) is 5.92. The summed E-state index contributed by atoms with van der Waals surface area (Å²) in [4.78, 5) is 51.6. The van der Waals surface area contributed by atoms with Crippen LogP contribution in [0.5, 0.6) is 0 Å². The molecule has 1 aromatic carbocycles. The highest BCUT2D eigenvalue weighted by molar-refractivity contribution is 7.09. The monoisotopic (exact) mass is 718 g/mol. The summed E-state index contributed by atoms with van der Waals surface area (Å²) >= 11 is 1.61. The highest BCUT2D eigenvalue weighted by atomic mass is 32.1. The van der Waals surface area contributed by atoms with Gasteiger partial charge in [0.15, 0.2) is 0 Å². The number of unbranched alkanes of at least 4 members (excludes halogenated alkanes) is 1. The lowest BCUT2D eigenvalue weighted by Gasteiger charge is -2.43. The van der Waals surface area contributed by atoms with Gasteiger partial charge in [0.2, 0.25) is 17.7 Å². The standard InChI is InChI=1S/C41H62N6O3S/c1-44(2)22-9-8-16-36(43-34-17-19-41(20-18-34)21-23-45(31-41)29-33-13-4-3-5-14-33)40(50)47-25-24-46(38(48)27-32-11-6-7-12-32)30-37(47)39(49)42-28-35-15-10-26-51-35/h3-5,10,13-15,26,32,34,36-37,43H,6-9,11-12,16-25,27-31H2,1-2H3,(H,42,49)/t34?,36-,37+,41?/m1/s1. The smallest absolute Gasteiger partial charge is 0.244 e. The molecule has 1 spiro atoms. The van der Waals surface area contributed by atoms with Gasteiger partial charge in [-0.2, -0.15) is 0 Å². The van der Waals surface area contributed by atoms with Crippen molar-refractivity contribution in [3.8, 4) is 0 Å². The van der Waals surface area contributed by atoms with E-state index in [-0.39, 0.29) is 30.3 Å². The highest BCUT2D eigenvalue weighted by Gasteiger charge is 2.43. The van der Waals surface area contributed by atoms with Gasteiger partial charge in [0, 0.05) is 43.5 Å². The zero-order chi connectivity index (χ0) is 35.6. The Morgan fingerprint density at radius 2 is 1.73 bits per heavy atom. The molecule has 4 aliphatic rings. The van der Waals surface area contributed by atoms with Crippen LogP contribution in [0, 0.1) is 11.3 Å². The second-order valence-electron chi connectivity index (χ2n) is 16.3. The number of piperazine rings is 1. The Bertz CT molecular complexity index is 1390. The second-order valence-corrected chi connectivity index (χ2v) is 17.3. The van der Waals surface area contributed by atoms with Gasteiger partial charge >= 0.3 is 0 Å². The van der Waals surface area contributed by atoms with Gasteiger partial charge in [-0.05, 0) is 113 Å². The molecule has 2 aromatic rings. The van der Waals surface area contributed by atoms with E-state index >= 15 is 0 Å². The van der Waals surface area contributed by atoms with Crippen molar-refractivity contribution in [1.82, 2.24) is 30.2 Å². The molecule has 2 aliphatic carbocycles. The van der Waals surface area contributed by atoms with Crippen molar-refractivity contribution in [2.75, 3.05) is 53.4 Å². The molecular formula is C41H62N6O3S. The Hall–Kier alpha value is -2.79. The molecule has 51 heavy (non-hydrogen) atoms. The van der Waals surface area contributed by atoms with Crippen LogP contribution >= 0.6 is 11.3 Å². The zero-order valence-corrected chi connectivity index (χ0v) is 32.0. The minimum absolute atomic E-state index is 0.0224. The number of carbonyl (C=O) groups excluding carboxylic acids is 3. The number of benzene rings is 1. The van der Waals surface area contributed by atoms with Crippen molar-refractivity contribution in [1.29, 1.82) is 0 Å². The number of hydrogen-bond acceptors (Lipinski definition) is 7. The number of nitrogens with zero attached hydrogens (tertiary/aromatic N) is 4. The van der Waals surface area contributed by atoms with Gasteiger partial charge < -0.3 is 25.3 Å². The fourth-order valence-corrected chi connectivity index (χ4v) is 9.79. The lowest BCUT2D eigenvalue weighted by atomic mass is 9.72. The summed E-state index contributed by atoms with van der Waals surface area (Å²) in [6.07, 6.45) is 13.7. The first-order valence-corrected chi connectivity index (χ1v) is 20.7. The van der Waals surface area contributed by atoms with E-state index in [0.29, 0.717) is 43.4 Å². The van der Waals surface area contributed by atoms with E-state index in [4.69, 9.17) is 0 Å². The van der Waals surface area contributed by atoms with Gasteiger partial charge in [-0.1, -0.05) is 55.7 Å². The second kappa shape index (κ2) is 18.3. The van der Waals surface area contributed by atoms with Crippen molar-refractivity contribution in [3.63, 3.8) is 0 Å². The molecule has 2 saturated carbocycles. The largest absolute Gasteiger partial charge is 0.349 e. The molecule has 2 N–H and O–H groups in total. The van der Waals surface area contributed by atoms with Gasteiger partial charge in [0.25, 0.3) is 0 Å². The molecule has 0 unspecified atom stereocenters. The van der Waals surface area contributed by atoms with Crippen molar-refractivity contribution < 1.29 is 14.4 Å². The van der Waals surface area contributed by atoms with E-state index < -0.39 is 6.04 Å². The average Bonchev–Trinajstić information content (AvgIpc) is 3.93. The van der Waals surface area contributed by atoms with Crippen molar-refractivity contribution >= 4 is 29.1 Å². The number of likely N-dealkylation sites (tertiary alicyclic amines) is 1. The molecule has 2 saturated heterocycles. The average molecular weight is 719 g/mol. The minimum Gasteiger partial charge on any atom is -0.349 e. The van der Waals surface area contributed by atoms with E-state index in [9.17, 15) is 14.4 Å². The summed E-state index contributed by atoms with van der Waals surface area (Å²) in [7, 11) is 4.19. The van der Waals surface area contributed by atoms with E-state index in [1.54, 1.807) is 11.3 Å². The first-order valence-electron chi connectivity index (χ1n) is 19.8. The van der Waals surface area contributed by atoms with E-state index in [1.807, 2.05) is 27.3 Å². The molecular weight excluding hydrogens is 657 g/mol. The SMILES string of the molecule is CN(C)CCCC[C@@H](NC1CCC2(CC1)CCN(Cc1ccccc1)C2)C(=O)N1CCN(C(=O)CC2CCCC2)C[C@H]1C(=O)NCc1cccs1. The van der Waals surface area contributed by atoms with Crippen molar-refractivity contribution in [2.24, 2.45) is 11.3 Å². The third kappa shape index (κ3) is 10.6. The Labute approximate surface area is 310 Å². The number of rotatable bonds is 15. The van der Waals surface area contributed by atoms with Crippen LogP contribution in [-0.2, 0) is 27.5 Å². The molecule has 10 heteroatoms. The summed E-state index contributed by atoms with van der Waals surface area (Å²) < 4.78 is 0. The maximum atomic E-state index is 14.6. The molecule has 4 fully saturated rings. The third-order valence-electron chi connectivity index (χ3n) is 12.2. The molecule has 3 amide bonds. The maximum absolute atomic E-state index is 14.6. The minimum atomic E-state index is -0.687. The fraction of sp³-hybridized carbons (Fsp3) is 0.683. The first kappa shape index (κ1) is 38.0. The van der Waals surface area contributed by atoms with Gasteiger partial charge in [-0.3, -0.25) is 19.3 Å². The van der Waals surface area contributed by atoms with Gasteiger partial charge in [-0.25, -0.2) is 0 Å². The number of carbonyl (C=O) groups is 3. The van der Waals surface area contributed by atoms with Crippen LogP contribution < -0.4 is 10.6 Å². The molecule has 9 nitrogen and oxygen atoms in total. The summed E-state index contributed by atoms with van der Waals surface area (Å²) in [5.74, 6) is 0.440. The van der Waals surface area contributed by atoms with Crippen LogP contribution in [0.2, 0.25) is 0 Å². The third-order valence-corrected chi connectivity index (χ3v) is 13.0. The van der Waals surface area contributed by atoms with E-state index in [1.165, 1.54) is 37.7 Å². The molecule has 0 radical (unpaired) electrons. The summed E-state index contributed by atoms with van der Waals surface area (Å²) in [5, 5.41) is 8.99. The predicted molar refractivity (Wildman–Crippen MR) is 205 cm³/mol. The van der Waals surface area contributed by atoms with E-state index in [0.717, 1.165) is 76.0 Å². The maximum Gasteiger partial charge on any atom is 0.244 e. The zero-order valence-electron chi connectivity index (χ0n) is 31.2. The molecule has 3 heterocycles. The first-order chi connectivity index (χ1) is 24.8. The topological polar surface area (TPSA) is 88.2 Å². The lowest BCUT2D eigenvalue weighted by Crippen LogP contribution is -2.64. The summed E-state index contributed by atoms with van der Waals surface area (Å²) in [5.41, 5.74) is 1.77. The van der Waals surface area contributed by atoms with Crippen molar-refractivity contribution in [2.45, 2.75) is 115 Å². The lowest BCUT2D eigenvalue weighted by molar-refractivity contribution is -0.150. The van der Waals surface area contributed by atoms with Gasteiger partial charge in [-0.15, -0.1) is 11.3 Å². The highest BCUT2D eigenvalue weighted by Crippen LogP contribution is 2.44. The number of nitrogens with one attached hydrogen (secondary N) is 2. The van der Waals surface area contributed by atoms with Gasteiger partial charge in [0.05, 0.1) is 19.1 Å². The summed E-state index contributed by atoms with van der Waals surface area (Å²) in [6, 6.07) is 14.1.